The molecule has 1 aromatic heterocycles. The third-order valence-corrected chi connectivity index (χ3v) is 7.26. The second kappa shape index (κ2) is 10.0. The molecule has 0 saturated heterocycles. The van der Waals surface area contributed by atoms with Crippen LogP contribution in [0.1, 0.15) is 12.5 Å². The number of nitrogens with zero attached hydrogens (tertiary/aromatic N) is 2. The zero-order chi connectivity index (χ0) is 19.9. The molecule has 0 spiro atoms. The summed E-state index contributed by atoms with van der Waals surface area (Å²) in [6.45, 7) is 1.92. The Balaban J connectivity index is 2.08. The predicted octanol–water partition coefficient (Wildman–Crippen LogP) is 5.91. The molecule has 0 aliphatic rings. The maximum atomic E-state index is 11.8. The molecule has 142 valence electrons. The van der Waals surface area contributed by atoms with Gasteiger partial charge in [-0.1, -0.05) is 65.3 Å². The molecule has 1 atom stereocenters. The van der Waals surface area contributed by atoms with E-state index >= 15 is 0 Å². The summed E-state index contributed by atoms with van der Waals surface area (Å²) in [6.07, 6.45) is 0. The Morgan fingerprint density at radius 1 is 1.11 bits per heavy atom. The van der Waals surface area contributed by atoms with Gasteiger partial charge in [0.2, 0.25) is 0 Å². The molecule has 0 bridgehead atoms. The van der Waals surface area contributed by atoms with Crippen LogP contribution < -0.4 is 0 Å². The van der Waals surface area contributed by atoms with E-state index in [4.69, 9.17) is 4.98 Å². The molecule has 2 aromatic carbocycles. The zero-order valence-electron chi connectivity index (χ0n) is 15.4. The molecule has 0 amide bonds. The lowest BCUT2D eigenvalue weighted by Gasteiger charge is -2.12. The van der Waals surface area contributed by atoms with Crippen molar-refractivity contribution in [3.63, 3.8) is 0 Å². The van der Waals surface area contributed by atoms with E-state index in [1.807, 2.05) is 67.6 Å². The molecule has 6 heteroatoms. The monoisotopic (exact) mass is 470 g/mol. The lowest BCUT2D eigenvalue weighted by molar-refractivity contribution is 0.685. The zero-order valence-corrected chi connectivity index (χ0v) is 18.6. The van der Waals surface area contributed by atoms with Crippen LogP contribution in [0.15, 0.2) is 70.2 Å². The van der Waals surface area contributed by atoms with Crippen molar-refractivity contribution in [1.82, 2.24) is 4.98 Å². The summed E-state index contributed by atoms with van der Waals surface area (Å²) in [5, 5.41) is 10.5. The van der Waals surface area contributed by atoms with Crippen LogP contribution in [0.4, 0.5) is 0 Å². The van der Waals surface area contributed by atoms with Crippen LogP contribution in [0.3, 0.4) is 0 Å². The normalized spacial score (nSPS) is 11.8. The van der Waals surface area contributed by atoms with Gasteiger partial charge < -0.3 is 0 Å². The summed E-state index contributed by atoms with van der Waals surface area (Å²) in [4.78, 5) is 4.78. The number of rotatable bonds is 7. The van der Waals surface area contributed by atoms with Gasteiger partial charge in [-0.3, -0.25) is 4.21 Å². The molecule has 0 aliphatic heterocycles. The third-order valence-electron chi connectivity index (χ3n) is 4.19. The summed E-state index contributed by atoms with van der Waals surface area (Å²) in [6, 6.07) is 22.2. The number of benzene rings is 2. The van der Waals surface area contributed by atoms with Crippen molar-refractivity contribution >= 4 is 38.5 Å². The van der Waals surface area contributed by atoms with Crippen molar-refractivity contribution < 1.29 is 4.21 Å². The fraction of sp³-hybridized carbons (Fsp3) is 0.182. The molecule has 0 aliphatic carbocycles. The highest BCUT2D eigenvalue weighted by Crippen LogP contribution is 2.34. The van der Waals surface area contributed by atoms with Gasteiger partial charge >= 0.3 is 0 Å². The Labute approximate surface area is 180 Å². The minimum atomic E-state index is -0.831. The van der Waals surface area contributed by atoms with Crippen molar-refractivity contribution in [3.05, 3.63) is 70.7 Å². The van der Waals surface area contributed by atoms with Crippen LogP contribution in [-0.4, -0.2) is 26.5 Å². The first-order chi connectivity index (χ1) is 13.6. The quantitative estimate of drug-likeness (QED) is 0.402. The summed E-state index contributed by atoms with van der Waals surface area (Å²) in [5.74, 6) is 1.91. The molecular formula is C22H19BrN2OS2. The predicted molar refractivity (Wildman–Crippen MR) is 122 cm³/mol. The van der Waals surface area contributed by atoms with Crippen molar-refractivity contribution in [2.45, 2.75) is 11.9 Å². The van der Waals surface area contributed by atoms with Crippen LogP contribution in [0.5, 0.6) is 0 Å². The van der Waals surface area contributed by atoms with Gasteiger partial charge in [-0.2, -0.15) is 5.26 Å². The van der Waals surface area contributed by atoms with Gasteiger partial charge in [-0.05, 0) is 23.8 Å². The average molecular weight is 471 g/mol. The number of thioether (sulfide) groups is 1. The van der Waals surface area contributed by atoms with E-state index in [0.29, 0.717) is 27.8 Å². The van der Waals surface area contributed by atoms with Crippen LogP contribution in [0, 0.1) is 11.3 Å². The molecular weight excluding hydrogens is 452 g/mol. The fourth-order valence-electron chi connectivity index (χ4n) is 2.72. The Hall–Kier alpha value is -1.94. The Morgan fingerprint density at radius 2 is 1.82 bits per heavy atom. The van der Waals surface area contributed by atoms with Crippen molar-refractivity contribution in [3.8, 4) is 28.5 Å². The topological polar surface area (TPSA) is 53.8 Å². The lowest BCUT2D eigenvalue weighted by atomic mass is 9.99. The van der Waals surface area contributed by atoms with Crippen LogP contribution in [0.2, 0.25) is 0 Å². The minimum Gasteiger partial charge on any atom is -0.260 e. The summed E-state index contributed by atoms with van der Waals surface area (Å²) < 4.78 is 12.8. The molecule has 0 unspecified atom stereocenters. The molecule has 0 radical (unpaired) electrons. The highest BCUT2D eigenvalue weighted by atomic mass is 79.9. The van der Waals surface area contributed by atoms with Crippen molar-refractivity contribution in [2.24, 2.45) is 0 Å². The molecule has 0 saturated carbocycles. The first kappa shape index (κ1) is 20.8. The van der Waals surface area contributed by atoms with E-state index in [0.717, 1.165) is 26.9 Å². The second-order valence-corrected chi connectivity index (χ2v) is 9.87. The highest BCUT2D eigenvalue weighted by Gasteiger charge is 2.16. The van der Waals surface area contributed by atoms with Gasteiger partial charge in [0.25, 0.3) is 0 Å². The maximum absolute atomic E-state index is 11.8. The Bertz CT molecular complexity index is 1020. The maximum Gasteiger partial charge on any atom is 0.115 e. The molecule has 3 nitrogen and oxygen atoms in total. The van der Waals surface area contributed by atoms with E-state index in [9.17, 15) is 9.47 Å². The number of aromatic nitrogens is 1. The van der Waals surface area contributed by atoms with Gasteiger partial charge in [0, 0.05) is 43.7 Å². The number of halogens is 1. The first-order valence-corrected chi connectivity index (χ1v) is 12.1. The molecule has 0 N–H and O–H groups in total. The minimum absolute atomic E-state index is 0.569. The van der Waals surface area contributed by atoms with E-state index in [-0.39, 0.29) is 0 Å². The highest BCUT2D eigenvalue weighted by molar-refractivity contribution is 9.10. The van der Waals surface area contributed by atoms with E-state index in [2.05, 4.69) is 22.0 Å². The van der Waals surface area contributed by atoms with E-state index in [1.165, 1.54) is 11.8 Å². The summed E-state index contributed by atoms with van der Waals surface area (Å²) in [5.41, 5.74) is 4.24. The van der Waals surface area contributed by atoms with Crippen LogP contribution in [-0.2, 0) is 10.8 Å². The third kappa shape index (κ3) is 5.11. The van der Waals surface area contributed by atoms with Crippen molar-refractivity contribution in [2.75, 3.05) is 17.3 Å². The molecule has 0 fully saturated rings. The molecule has 28 heavy (non-hydrogen) atoms. The largest absolute Gasteiger partial charge is 0.260 e. The second-order valence-electron chi connectivity index (χ2n) is 6.00. The van der Waals surface area contributed by atoms with Gasteiger partial charge in [0.1, 0.15) is 11.1 Å². The summed E-state index contributed by atoms with van der Waals surface area (Å²) in [7, 11) is -0.831. The fourth-order valence-corrected chi connectivity index (χ4v) is 5.01. The van der Waals surface area contributed by atoms with Crippen LogP contribution in [0.25, 0.3) is 22.4 Å². The number of hydrogen-bond donors (Lipinski definition) is 0. The van der Waals surface area contributed by atoms with Gasteiger partial charge in [-0.25, -0.2) is 4.98 Å². The van der Waals surface area contributed by atoms with Gasteiger partial charge in [-0.15, -0.1) is 11.8 Å². The van der Waals surface area contributed by atoms with E-state index < -0.39 is 10.8 Å². The van der Waals surface area contributed by atoms with Crippen molar-refractivity contribution in [1.29, 1.82) is 5.26 Å². The first-order valence-electron chi connectivity index (χ1n) is 8.86. The Morgan fingerprint density at radius 3 is 2.46 bits per heavy atom. The average Bonchev–Trinajstić information content (AvgIpc) is 2.74. The number of hydrogen-bond acceptors (Lipinski definition) is 4. The smallest absolute Gasteiger partial charge is 0.115 e. The van der Waals surface area contributed by atoms with Gasteiger partial charge in [0.15, 0.2) is 0 Å². The number of pyridine rings is 1. The Kier molecular flexibility index (Phi) is 7.43. The van der Waals surface area contributed by atoms with E-state index in [1.54, 1.807) is 0 Å². The van der Waals surface area contributed by atoms with Crippen LogP contribution >= 0.6 is 27.7 Å². The SMILES string of the molecule is CC[S@@](=O)CCSc1nc(-c2ccc(Br)cc2)cc(-c2ccccc2)c1C#N. The lowest BCUT2D eigenvalue weighted by Crippen LogP contribution is -2.03. The standard InChI is InChI=1S/C22H19BrN2OS2/c1-2-28(26)13-12-27-22-20(15-24)19(16-6-4-3-5-7-16)14-21(25-22)17-8-10-18(23)11-9-17/h3-11,14H,2,12-13H2,1H3/t28-/m1/s1. The molecule has 1 heterocycles. The molecule has 3 aromatic rings. The van der Waals surface area contributed by atoms with Gasteiger partial charge in [0.05, 0.1) is 11.3 Å². The number of nitriles is 1. The summed E-state index contributed by atoms with van der Waals surface area (Å²) >= 11 is 4.96. The molecule has 3 rings (SSSR count).